The number of fused-ring (bicyclic) bond motifs is 1. The molecule has 7 nitrogen and oxygen atoms in total. The molecule has 0 radical (unpaired) electrons. The Morgan fingerprint density at radius 2 is 1.86 bits per heavy atom. The number of urea groups is 1. The first-order valence-electron chi connectivity index (χ1n) is 8.71. The van der Waals surface area contributed by atoms with Crippen molar-refractivity contribution >= 4 is 28.9 Å². The number of carbonyl (C=O) groups is 3. The summed E-state index contributed by atoms with van der Waals surface area (Å²) in [5, 5.41) is 5.25. The Labute approximate surface area is 161 Å². The van der Waals surface area contributed by atoms with Gasteiger partial charge in [0.25, 0.3) is 5.91 Å². The molecule has 7 heteroatoms. The Hall–Kier alpha value is -3.61. The monoisotopic (exact) mass is 380 g/mol. The van der Waals surface area contributed by atoms with Crippen LogP contribution in [0.3, 0.4) is 0 Å². The van der Waals surface area contributed by atoms with Gasteiger partial charge in [0.05, 0.1) is 12.7 Å². The number of ether oxygens (including phenoxy) is 1. The lowest BCUT2D eigenvalue weighted by molar-refractivity contribution is -0.155. The molecule has 0 bridgehead atoms. The van der Waals surface area contributed by atoms with Gasteiger partial charge < -0.3 is 14.5 Å². The Morgan fingerprint density at radius 1 is 1.11 bits per heavy atom. The van der Waals surface area contributed by atoms with Gasteiger partial charge in [-0.25, -0.2) is 4.79 Å². The van der Waals surface area contributed by atoms with Gasteiger partial charge in [-0.15, -0.1) is 0 Å². The van der Waals surface area contributed by atoms with E-state index in [2.05, 4.69) is 10.6 Å². The van der Waals surface area contributed by atoms with Crippen molar-refractivity contribution in [3.8, 4) is 0 Å². The fourth-order valence-corrected chi connectivity index (χ4v) is 2.80. The van der Waals surface area contributed by atoms with E-state index < -0.39 is 24.0 Å². The molecule has 3 amide bonds. The molecule has 28 heavy (non-hydrogen) atoms. The van der Waals surface area contributed by atoms with Crippen LogP contribution in [0.5, 0.6) is 0 Å². The number of hydrogen-bond acceptors (Lipinski definition) is 5. The van der Waals surface area contributed by atoms with Crippen molar-refractivity contribution in [1.82, 2.24) is 10.6 Å². The third-order valence-corrected chi connectivity index (χ3v) is 4.20. The molecular formula is C21H20N2O5. The van der Waals surface area contributed by atoms with E-state index in [4.69, 9.17) is 9.15 Å². The van der Waals surface area contributed by atoms with Gasteiger partial charge in [-0.2, -0.15) is 0 Å². The summed E-state index contributed by atoms with van der Waals surface area (Å²) in [5.41, 5.74) is 2.86. The zero-order chi connectivity index (χ0) is 20.1. The summed E-state index contributed by atoms with van der Waals surface area (Å²) < 4.78 is 10.9. The van der Waals surface area contributed by atoms with E-state index in [1.807, 2.05) is 25.1 Å². The smallest absolute Gasteiger partial charge is 0.321 e. The highest BCUT2D eigenvalue weighted by molar-refractivity contribution is 5.98. The van der Waals surface area contributed by atoms with Crippen LogP contribution >= 0.6 is 0 Å². The molecule has 3 aromatic rings. The third-order valence-electron chi connectivity index (χ3n) is 4.20. The van der Waals surface area contributed by atoms with E-state index in [1.54, 1.807) is 30.3 Å². The average molecular weight is 380 g/mol. The Balaban J connectivity index is 1.78. The number of aryl methyl sites for hydroxylation is 1. The third kappa shape index (κ3) is 4.37. The summed E-state index contributed by atoms with van der Waals surface area (Å²) in [4.78, 5) is 36.4. The molecule has 0 aliphatic heterocycles. The number of esters is 1. The highest BCUT2D eigenvalue weighted by Gasteiger charge is 2.26. The predicted octanol–water partition coefficient (Wildman–Crippen LogP) is 3.02. The van der Waals surface area contributed by atoms with Crippen LogP contribution in [0.4, 0.5) is 4.79 Å². The molecule has 0 saturated heterocycles. The number of nitrogens with one attached hydrogen (secondary N) is 2. The second-order valence-electron chi connectivity index (χ2n) is 6.29. The second kappa shape index (κ2) is 8.39. The standard InChI is InChI=1S/C21H20N2O5/c1-13-8-9-16-15(12-27-17(16)10-13)11-18(24)28-19(14-6-4-3-5-7-14)20(25)23-21(26)22-2/h3-10,12,19H,11H2,1-2H3,(H2,22,23,25,26). The van der Waals surface area contributed by atoms with Crippen molar-refractivity contribution in [2.24, 2.45) is 0 Å². The highest BCUT2D eigenvalue weighted by atomic mass is 16.5. The summed E-state index contributed by atoms with van der Waals surface area (Å²) in [6.45, 7) is 1.95. The maximum atomic E-state index is 12.5. The van der Waals surface area contributed by atoms with Gasteiger partial charge in [0.15, 0.2) is 0 Å². The minimum atomic E-state index is -1.24. The first kappa shape index (κ1) is 19.2. The Morgan fingerprint density at radius 3 is 2.57 bits per heavy atom. The summed E-state index contributed by atoms with van der Waals surface area (Å²) in [7, 11) is 1.39. The predicted molar refractivity (Wildman–Crippen MR) is 103 cm³/mol. The molecule has 2 N–H and O–H groups in total. The zero-order valence-electron chi connectivity index (χ0n) is 15.5. The number of amides is 3. The van der Waals surface area contributed by atoms with Crippen LogP contribution in [0.1, 0.15) is 22.8 Å². The Bertz CT molecular complexity index is 1010. The number of hydrogen-bond donors (Lipinski definition) is 2. The molecule has 0 spiro atoms. The van der Waals surface area contributed by atoms with Crippen LogP contribution in [-0.4, -0.2) is 25.0 Å². The number of imide groups is 1. The molecular weight excluding hydrogens is 360 g/mol. The van der Waals surface area contributed by atoms with Crippen molar-refractivity contribution < 1.29 is 23.5 Å². The first-order chi connectivity index (χ1) is 13.5. The van der Waals surface area contributed by atoms with Gasteiger partial charge >= 0.3 is 12.0 Å². The first-order valence-corrected chi connectivity index (χ1v) is 8.71. The van der Waals surface area contributed by atoms with E-state index >= 15 is 0 Å². The molecule has 3 rings (SSSR count). The molecule has 1 aromatic heterocycles. The maximum Gasteiger partial charge on any atom is 0.321 e. The lowest BCUT2D eigenvalue weighted by Gasteiger charge is -2.17. The Kier molecular flexibility index (Phi) is 5.74. The van der Waals surface area contributed by atoms with E-state index in [1.165, 1.54) is 13.3 Å². The van der Waals surface area contributed by atoms with Gasteiger partial charge in [0, 0.05) is 23.6 Å². The van der Waals surface area contributed by atoms with Crippen LogP contribution in [-0.2, 0) is 20.7 Å². The number of furan rings is 1. The molecule has 0 fully saturated rings. The average Bonchev–Trinajstić information content (AvgIpc) is 3.08. The lowest BCUT2D eigenvalue weighted by atomic mass is 10.1. The minimum absolute atomic E-state index is 0.0628. The molecule has 1 unspecified atom stereocenters. The summed E-state index contributed by atoms with van der Waals surface area (Å²) in [6, 6.07) is 13.5. The van der Waals surface area contributed by atoms with Crippen LogP contribution < -0.4 is 10.6 Å². The normalized spacial score (nSPS) is 11.6. The van der Waals surface area contributed by atoms with Crippen molar-refractivity contribution in [3.05, 3.63) is 71.5 Å². The molecule has 0 saturated carbocycles. The molecule has 0 aliphatic rings. The van der Waals surface area contributed by atoms with Gasteiger partial charge in [-0.1, -0.05) is 42.5 Å². The van der Waals surface area contributed by atoms with Gasteiger partial charge in [-0.05, 0) is 18.6 Å². The lowest BCUT2D eigenvalue weighted by Crippen LogP contribution is -2.41. The SMILES string of the molecule is CNC(=O)NC(=O)C(OC(=O)Cc1coc2cc(C)ccc12)c1ccccc1. The quantitative estimate of drug-likeness (QED) is 0.663. The molecule has 0 aliphatic carbocycles. The van der Waals surface area contributed by atoms with Crippen molar-refractivity contribution in [2.45, 2.75) is 19.4 Å². The largest absolute Gasteiger partial charge is 0.464 e. The van der Waals surface area contributed by atoms with E-state index in [-0.39, 0.29) is 6.42 Å². The van der Waals surface area contributed by atoms with Crippen LogP contribution in [0.2, 0.25) is 0 Å². The fourth-order valence-electron chi connectivity index (χ4n) is 2.80. The summed E-state index contributed by atoms with van der Waals surface area (Å²) >= 11 is 0. The summed E-state index contributed by atoms with van der Waals surface area (Å²) in [6.07, 6.45) is 0.201. The fraction of sp³-hybridized carbons (Fsp3) is 0.190. The minimum Gasteiger partial charge on any atom is -0.464 e. The van der Waals surface area contributed by atoms with E-state index in [0.29, 0.717) is 16.7 Å². The van der Waals surface area contributed by atoms with Crippen LogP contribution in [0, 0.1) is 6.92 Å². The number of benzene rings is 2. The highest BCUT2D eigenvalue weighted by Crippen LogP contribution is 2.24. The topological polar surface area (TPSA) is 97.6 Å². The van der Waals surface area contributed by atoms with Crippen molar-refractivity contribution in [2.75, 3.05) is 7.05 Å². The number of carbonyl (C=O) groups excluding carboxylic acids is 3. The van der Waals surface area contributed by atoms with Crippen LogP contribution in [0.25, 0.3) is 11.0 Å². The molecule has 144 valence electrons. The van der Waals surface area contributed by atoms with E-state index in [9.17, 15) is 14.4 Å². The van der Waals surface area contributed by atoms with Gasteiger partial charge in [0.2, 0.25) is 6.10 Å². The maximum absolute atomic E-state index is 12.5. The molecule has 2 aromatic carbocycles. The number of rotatable bonds is 5. The second-order valence-corrected chi connectivity index (χ2v) is 6.29. The van der Waals surface area contributed by atoms with Crippen molar-refractivity contribution in [3.63, 3.8) is 0 Å². The van der Waals surface area contributed by atoms with Gasteiger partial charge in [0.1, 0.15) is 5.58 Å². The zero-order valence-corrected chi connectivity index (χ0v) is 15.5. The molecule has 1 heterocycles. The van der Waals surface area contributed by atoms with E-state index in [0.717, 1.165) is 10.9 Å². The summed E-state index contributed by atoms with van der Waals surface area (Å²) in [5.74, 6) is -1.34. The molecule has 1 atom stereocenters. The van der Waals surface area contributed by atoms with Gasteiger partial charge in [-0.3, -0.25) is 14.9 Å². The van der Waals surface area contributed by atoms with Crippen molar-refractivity contribution in [1.29, 1.82) is 0 Å². The van der Waals surface area contributed by atoms with Crippen LogP contribution in [0.15, 0.2) is 59.2 Å².